The number of halogens is 1. The van der Waals surface area contributed by atoms with Crippen LogP contribution < -0.4 is 10.1 Å². The Labute approximate surface area is 254 Å². The minimum atomic E-state index is -1.38. The molecule has 1 saturated heterocycles. The van der Waals surface area contributed by atoms with Crippen LogP contribution in [0.2, 0.25) is 5.02 Å². The lowest BCUT2D eigenvalue weighted by atomic mass is 9.62. The van der Waals surface area contributed by atoms with E-state index in [9.17, 15) is 14.4 Å². The number of hydrogen-bond donors (Lipinski definition) is 1. The van der Waals surface area contributed by atoms with Gasteiger partial charge in [0.15, 0.2) is 11.6 Å². The largest absolute Gasteiger partial charge is 0.491 e. The number of amides is 1. The molecule has 7 rings (SSSR count). The molecule has 3 heterocycles. The van der Waals surface area contributed by atoms with E-state index in [0.717, 1.165) is 11.1 Å². The summed E-state index contributed by atoms with van der Waals surface area (Å²) in [5.41, 5.74) is 2.64. The van der Waals surface area contributed by atoms with Gasteiger partial charge in [-0.2, -0.15) is 0 Å². The summed E-state index contributed by atoms with van der Waals surface area (Å²) in [5, 5.41) is 3.58. The fourth-order valence-electron chi connectivity index (χ4n) is 7.10. The van der Waals surface area contributed by atoms with Crippen molar-refractivity contribution in [3.8, 4) is 5.75 Å². The number of nitrogens with one attached hydrogen (secondary N) is 1. The molecule has 7 heteroatoms. The molecule has 4 aromatic rings. The molecule has 43 heavy (non-hydrogen) atoms. The van der Waals surface area contributed by atoms with Gasteiger partial charge in [0.25, 0.3) is 0 Å². The number of fused-ring (bicyclic) bond motifs is 6. The van der Waals surface area contributed by atoms with Crippen molar-refractivity contribution < 1.29 is 19.1 Å². The molecule has 1 N–H and O–H groups in total. The molecule has 6 nitrogen and oxygen atoms in total. The molecule has 1 fully saturated rings. The van der Waals surface area contributed by atoms with Gasteiger partial charge in [-0.15, -0.1) is 0 Å². The Bertz CT molecular complexity index is 1800. The zero-order chi connectivity index (χ0) is 29.9. The van der Waals surface area contributed by atoms with Crippen LogP contribution in [0.25, 0.3) is 6.08 Å². The third-order valence-corrected chi connectivity index (χ3v) is 9.01. The van der Waals surface area contributed by atoms with E-state index in [1.165, 1.54) is 0 Å². The molecular formula is C36H29ClN2O4. The lowest BCUT2D eigenvalue weighted by Crippen LogP contribution is -2.49. The first-order valence-electron chi connectivity index (χ1n) is 14.4. The number of rotatable bonds is 6. The molecule has 0 aromatic heterocycles. The smallest absolute Gasteiger partial charge is 0.238 e. The molecular weight excluding hydrogens is 560 g/mol. The zero-order valence-corrected chi connectivity index (χ0v) is 24.4. The first-order chi connectivity index (χ1) is 20.8. The van der Waals surface area contributed by atoms with Crippen molar-refractivity contribution in [2.75, 3.05) is 5.32 Å². The average Bonchev–Trinajstić information content (AvgIpc) is 3.49. The van der Waals surface area contributed by atoms with Gasteiger partial charge >= 0.3 is 0 Å². The van der Waals surface area contributed by atoms with Gasteiger partial charge in [0.05, 0.1) is 18.1 Å². The minimum Gasteiger partial charge on any atom is -0.491 e. The predicted molar refractivity (Wildman–Crippen MR) is 166 cm³/mol. The molecule has 4 atom stereocenters. The van der Waals surface area contributed by atoms with Crippen molar-refractivity contribution in [1.29, 1.82) is 0 Å². The van der Waals surface area contributed by atoms with Gasteiger partial charge in [0, 0.05) is 28.0 Å². The van der Waals surface area contributed by atoms with E-state index >= 15 is 0 Å². The third kappa shape index (κ3) is 4.12. The summed E-state index contributed by atoms with van der Waals surface area (Å²) in [6.07, 6.45) is 3.79. The van der Waals surface area contributed by atoms with Crippen molar-refractivity contribution in [3.63, 3.8) is 0 Å². The Morgan fingerprint density at radius 2 is 1.51 bits per heavy atom. The van der Waals surface area contributed by atoms with Crippen molar-refractivity contribution in [3.05, 3.63) is 136 Å². The second-order valence-electron chi connectivity index (χ2n) is 11.5. The Balaban J connectivity index is 1.48. The Hall–Kier alpha value is -4.68. The van der Waals surface area contributed by atoms with E-state index in [1.807, 2.05) is 79.6 Å². The highest BCUT2D eigenvalue weighted by Gasteiger charge is 2.70. The molecule has 0 aliphatic carbocycles. The van der Waals surface area contributed by atoms with Crippen LogP contribution in [0.4, 0.5) is 5.69 Å². The summed E-state index contributed by atoms with van der Waals surface area (Å²) in [5.74, 6) is -1.23. The van der Waals surface area contributed by atoms with Gasteiger partial charge in [-0.1, -0.05) is 54.1 Å². The highest BCUT2D eigenvalue weighted by Crippen LogP contribution is 2.62. The number of anilines is 1. The Morgan fingerprint density at radius 3 is 2.26 bits per heavy atom. The Morgan fingerprint density at radius 1 is 0.860 bits per heavy atom. The SMILES string of the molecule is CC(C)Oc1ccc(C(=O)C2C(C(=O)c3ccc(Cl)cc3)N3C=Cc4ccccc4C3C23C(=O)Nc2ccccc23)cc1. The minimum absolute atomic E-state index is 0.0255. The third-order valence-electron chi connectivity index (χ3n) is 8.76. The first kappa shape index (κ1) is 27.2. The molecule has 1 spiro atoms. The van der Waals surface area contributed by atoms with E-state index in [0.29, 0.717) is 33.1 Å². The summed E-state index contributed by atoms with van der Waals surface area (Å²) in [6.45, 7) is 3.87. The van der Waals surface area contributed by atoms with Gasteiger partial charge in [0.1, 0.15) is 17.2 Å². The highest BCUT2D eigenvalue weighted by atomic mass is 35.5. The number of ether oxygens (including phenoxy) is 1. The number of nitrogens with zero attached hydrogens (tertiary/aromatic N) is 1. The molecule has 0 radical (unpaired) electrons. The monoisotopic (exact) mass is 588 g/mol. The number of benzene rings is 4. The predicted octanol–water partition coefficient (Wildman–Crippen LogP) is 7.11. The van der Waals surface area contributed by atoms with Gasteiger partial charge in [-0.3, -0.25) is 14.4 Å². The van der Waals surface area contributed by atoms with Gasteiger partial charge < -0.3 is 15.0 Å². The number of carbonyl (C=O) groups is 3. The summed E-state index contributed by atoms with van der Waals surface area (Å²) in [7, 11) is 0. The van der Waals surface area contributed by atoms with E-state index in [2.05, 4.69) is 5.32 Å². The standard InChI is InChI=1S/C36H29ClN2O4/c1-21(2)43-26-17-13-23(14-18-26)32(40)30-31(33(41)24-11-15-25(37)16-12-24)39-20-19-22-7-3-4-8-27(22)34(39)36(30)28-9-5-6-10-29(28)38-35(36)42/h3-21,30-31,34H,1-2H3,(H,38,42). The number of para-hydroxylation sites is 1. The van der Waals surface area contributed by atoms with E-state index < -0.39 is 23.4 Å². The second-order valence-corrected chi connectivity index (χ2v) is 11.9. The van der Waals surface area contributed by atoms with Crippen LogP contribution in [0, 0.1) is 5.92 Å². The maximum atomic E-state index is 14.9. The summed E-state index contributed by atoms with van der Waals surface area (Å²) < 4.78 is 5.82. The van der Waals surface area contributed by atoms with Crippen molar-refractivity contribution in [2.45, 2.75) is 37.5 Å². The maximum absolute atomic E-state index is 14.9. The molecule has 3 aliphatic rings. The van der Waals surface area contributed by atoms with Gasteiger partial charge in [-0.05, 0) is 91.2 Å². The van der Waals surface area contributed by atoms with Crippen molar-refractivity contribution >= 4 is 40.8 Å². The van der Waals surface area contributed by atoms with E-state index in [4.69, 9.17) is 16.3 Å². The number of carbonyl (C=O) groups excluding carboxylic acids is 3. The molecule has 0 saturated carbocycles. The highest BCUT2D eigenvalue weighted by molar-refractivity contribution is 6.30. The summed E-state index contributed by atoms with van der Waals surface area (Å²) >= 11 is 6.17. The summed E-state index contributed by atoms with van der Waals surface area (Å²) in [4.78, 5) is 45.9. The van der Waals surface area contributed by atoms with E-state index in [1.54, 1.807) is 48.5 Å². The Kier molecular flexibility index (Phi) is 6.47. The van der Waals surface area contributed by atoms with Crippen LogP contribution >= 0.6 is 11.6 Å². The van der Waals surface area contributed by atoms with Crippen LogP contribution in [0.5, 0.6) is 5.75 Å². The van der Waals surface area contributed by atoms with Crippen LogP contribution in [-0.2, 0) is 10.2 Å². The zero-order valence-electron chi connectivity index (χ0n) is 23.7. The number of ketones is 2. The average molecular weight is 589 g/mol. The normalized spacial score (nSPS) is 23.1. The van der Waals surface area contributed by atoms with Crippen molar-refractivity contribution in [2.24, 2.45) is 5.92 Å². The lowest BCUT2D eigenvalue weighted by molar-refractivity contribution is -0.122. The van der Waals surface area contributed by atoms with Crippen LogP contribution in [0.1, 0.15) is 57.3 Å². The number of hydrogen-bond acceptors (Lipinski definition) is 5. The molecule has 0 bridgehead atoms. The molecule has 1 amide bonds. The molecule has 4 unspecified atom stereocenters. The number of Topliss-reactive ketones (excluding diaryl/α,β-unsaturated/α-hetero) is 2. The summed E-state index contributed by atoms with van der Waals surface area (Å²) in [6, 6.07) is 27.4. The fourth-order valence-corrected chi connectivity index (χ4v) is 7.23. The maximum Gasteiger partial charge on any atom is 0.238 e. The lowest BCUT2D eigenvalue weighted by Gasteiger charge is -2.38. The first-order valence-corrected chi connectivity index (χ1v) is 14.7. The van der Waals surface area contributed by atoms with Crippen LogP contribution in [-0.4, -0.2) is 34.5 Å². The second kappa shape index (κ2) is 10.2. The molecule has 214 valence electrons. The van der Waals surface area contributed by atoms with Crippen LogP contribution in [0.3, 0.4) is 0 Å². The van der Waals surface area contributed by atoms with Crippen LogP contribution in [0.15, 0.2) is 103 Å². The fraction of sp³-hybridized carbons (Fsp3) is 0.194. The van der Waals surface area contributed by atoms with Gasteiger partial charge in [-0.25, -0.2) is 0 Å². The van der Waals surface area contributed by atoms with Crippen molar-refractivity contribution in [1.82, 2.24) is 4.90 Å². The molecule has 3 aliphatic heterocycles. The van der Waals surface area contributed by atoms with E-state index in [-0.39, 0.29) is 23.6 Å². The van der Waals surface area contributed by atoms with Gasteiger partial charge in [0.2, 0.25) is 5.91 Å². The molecule has 4 aromatic carbocycles. The quantitative estimate of drug-likeness (QED) is 0.243. The topological polar surface area (TPSA) is 75.7 Å².